The summed E-state index contributed by atoms with van der Waals surface area (Å²) in [5, 5.41) is 0. The summed E-state index contributed by atoms with van der Waals surface area (Å²) >= 11 is 0. The van der Waals surface area contributed by atoms with Crippen LogP contribution in [0.15, 0.2) is 24.3 Å². The van der Waals surface area contributed by atoms with Crippen molar-refractivity contribution >= 4 is 17.9 Å². The van der Waals surface area contributed by atoms with Gasteiger partial charge in [-0.25, -0.2) is 0 Å². The van der Waals surface area contributed by atoms with Gasteiger partial charge in [0.15, 0.2) is 6.10 Å². The Balaban J connectivity index is 4.36. The zero-order valence-electron chi connectivity index (χ0n) is 43.1. The van der Waals surface area contributed by atoms with Gasteiger partial charge in [0.25, 0.3) is 0 Å². The molecule has 0 aliphatic carbocycles. The molecule has 0 aromatic carbocycles. The molecule has 0 rings (SSSR count). The number of carbonyl (C=O) groups excluding carboxylic acids is 3. The summed E-state index contributed by atoms with van der Waals surface area (Å²) in [6.45, 7) is 6.66. The molecule has 0 aliphatic heterocycles. The maximum absolute atomic E-state index is 12.8. The Morgan fingerprint density at radius 1 is 0.297 bits per heavy atom. The van der Waals surface area contributed by atoms with Crippen LogP contribution < -0.4 is 0 Å². The minimum absolute atomic E-state index is 0.0730. The lowest BCUT2D eigenvalue weighted by molar-refractivity contribution is -0.167. The van der Waals surface area contributed by atoms with Crippen LogP contribution in [0.4, 0.5) is 0 Å². The minimum atomic E-state index is -0.775. The van der Waals surface area contributed by atoms with Crippen molar-refractivity contribution in [1.29, 1.82) is 0 Å². The summed E-state index contributed by atoms with van der Waals surface area (Å²) in [5.41, 5.74) is 0. The Hall–Kier alpha value is -2.11. The number of esters is 3. The lowest BCUT2D eigenvalue weighted by Crippen LogP contribution is -2.30. The normalized spacial score (nSPS) is 12.1. The molecular formula is C58H108O6. The molecule has 0 aromatic heterocycles. The van der Waals surface area contributed by atoms with Crippen molar-refractivity contribution in [3.63, 3.8) is 0 Å². The van der Waals surface area contributed by atoms with Crippen molar-refractivity contribution in [2.75, 3.05) is 13.2 Å². The molecule has 0 saturated heterocycles. The van der Waals surface area contributed by atoms with Crippen LogP contribution >= 0.6 is 0 Å². The molecule has 0 N–H and O–H groups in total. The number of hydrogen-bond acceptors (Lipinski definition) is 6. The Morgan fingerprint density at radius 3 is 0.781 bits per heavy atom. The van der Waals surface area contributed by atoms with Gasteiger partial charge in [0, 0.05) is 19.3 Å². The number of unbranched alkanes of at least 4 members (excludes halogenated alkanes) is 37. The van der Waals surface area contributed by atoms with Crippen LogP contribution in [0.3, 0.4) is 0 Å². The van der Waals surface area contributed by atoms with Crippen LogP contribution in [0.1, 0.15) is 310 Å². The van der Waals surface area contributed by atoms with Crippen LogP contribution in [0, 0.1) is 0 Å². The summed E-state index contributed by atoms with van der Waals surface area (Å²) in [4.78, 5) is 38.1. The first-order chi connectivity index (χ1) is 31.5. The summed E-state index contributed by atoms with van der Waals surface area (Å²) in [5.74, 6) is -0.872. The summed E-state index contributed by atoms with van der Waals surface area (Å²) in [6.07, 6.45) is 61.6. The third kappa shape index (κ3) is 50.9. The second-order valence-corrected chi connectivity index (χ2v) is 19.2. The highest BCUT2D eigenvalue weighted by Crippen LogP contribution is 2.16. The fourth-order valence-electron chi connectivity index (χ4n) is 8.37. The van der Waals surface area contributed by atoms with Gasteiger partial charge < -0.3 is 14.2 Å². The molecule has 1 atom stereocenters. The smallest absolute Gasteiger partial charge is 0.306 e. The molecule has 0 bridgehead atoms. The molecule has 6 heteroatoms. The summed E-state index contributed by atoms with van der Waals surface area (Å²) in [6, 6.07) is 0. The van der Waals surface area contributed by atoms with Crippen molar-refractivity contribution < 1.29 is 28.6 Å². The molecule has 6 nitrogen and oxygen atoms in total. The van der Waals surface area contributed by atoms with Gasteiger partial charge in [-0.05, 0) is 70.6 Å². The number of ether oxygens (including phenoxy) is 3. The maximum atomic E-state index is 12.8. The predicted octanol–water partition coefficient (Wildman–Crippen LogP) is 18.7. The van der Waals surface area contributed by atoms with Crippen molar-refractivity contribution in [3.8, 4) is 0 Å². The first-order valence-corrected chi connectivity index (χ1v) is 28.3. The van der Waals surface area contributed by atoms with Crippen LogP contribution in [-0.4, -0.2) is 37.2 Å². The van der Waals surface area contributed by atoms with E-state index in [-0.39, 0.29) is 31.1 Å². The third-order valence-corrected chi connectivity index (χ3v) is 12.7. The molecule has 0 heterocycles. The van der Waals surface area contributed by atoms with E-state index >= 15 is 0 Å². The van der Waals surface area contributed by atoms with Crippen LogP contribution in [0.5, 0.6) is 0 Å². The zero-order valence-corrected chi connectivity index (χ0v) is 43.1. The van der Waals surface area contributed by atoms with E-state index in [4.69, 9.17) is 14.2 Å². The predicted molar refractivity (Wildman–Crippen MR) is 275 cm³/mol. The lowest BCUT2D eigenvalue weighted by atomic mass is 10.0. The fraction of sp³-hybridized carbons (Fsp3) is 0.879. The largest absolute Gasteiger partial charge is 0.462 e. The van der Waals surface area contributed by atoms with Crippen LogP contribution in [0.25, 0.3) is 0 Å². The fourth-order valence-corrected chi connectivity index (χ4v) is 8.37. The second-order valence-electron chi connectivity index (χ2n) is 19.2. The van der Waals surface area contributed by atoms with E-state index in [9.17, 15) is 14.4 Å². The van der Waals surface area contributed by atoms with Gasteiger partial charge in [0.05, 0.1) is 0 Å². The second kappa shape index (κ2) is 53.5. The van der Waals surface area contributed by atoms with Crippen molar-refractivity contribution in [3.05, 3.63) is 24.3 Å². The quantitative estimate of drug-likeness (QED) is 0.0262. The SMILES string of the molecule is CCCCCCCC/C=C\CCCCCCCC(=O)OC(COC(=O)CCCCCCC/C=C\CCCCCCCCC)COC(=O)CCCCCCCCCCCCCCCCC. The topological polar surface area (TPSA) is 78.9 Å². The van der Waals surface area contributed by atoms with Crippen LogP contribution in [0.2, 0.25) is 0 Å². The van der Waals surface area contributed by atoms with E-state index in [0.29, 0.717) is 19.3 Å². The monoisotopic (exact) mass is 901 g/mol. The Bertz CT molecular complexity index is 1040. The van der Waals surface area contributed by atoms with Gasteiger partial charge >= 0.3 is 17.9 Å². The average molecular weight is 901 g/mol. The Labute approximate surface area is 398 Å². The van der Waals surface area contributed by atoms with E-state index in [1.165, 1.54) is 199 Å². The van der Waals surface area contributed by atoms with Gasteiger partial charge in [-0.15, -0.1) is 0 Å². The highest BCUT2D eigenvalue weighted by molar-refractivity contribution is 5.71. The summed E-state index contributed by atoms with van der Waals surface area (Å²) in [7, 11) is 0. The average Bonchev–Trinajstić information content (AvgIpc) is 3.29. The highest BCUT2D eigenvalue weighted by Gasteiger charge is 2.19. The number of carbonyl (C=O) groups is 3. The van der Waals surface area contributed by atoms with Crippen molar-refractivity contribution in [2.45, 2.75) is 316 Å². The molecule has 0 fully saturated rings. The molecule has 0 aliphatic rings. The van der Waals surface area contributed by atoms with Gasteiger partial charge in [-0.3, -0.25) is 14.4 Å². The van der Waals surface area contributed by atoms with E-state index in [0.717, 1.165) is 70.6 Å². The molecule has 376 valence electrons. The van der Waals surface area contributed by atoms with Gasteiger partial charge in [-0.1, -0.05) is 244 Å². The molecule has 0 spiro atoms. The Kier molecular flexibility index (Phi) is 51.7. The molecule has 0 aromatic rings. The number of allylic oxidation sites excluding steroid dienone is 4. The van der Waals surface area contributed by atoms with Gasteiger partial charge in [-0.2, -0.15) is 0 Å². The molecule has 0 amide bonds. The highest BCUT2D eigenvalue weighted by atomic mass is 16.6. The maximum Gasteiger partial charge on any atom is 0.306 e. The van der Waals surface area contributed by atoms with E-state index in [2.05, 4.69) is 45.1 Å². The van der Waals surface area contributed by atoms with Crippen molar-refractivity contribution in [2.24, 2.45) is 0 Å². The first kappa shape index (κ1) is 61.9. The number of hydrogen-bond donors (Lipinski definition) is 0. The lowest BCUT2D eigenvalue weighted by Gasteiger charge is -2.18. The summed E-state index contributed by atoms with van der Waals surface area (Å²) < 4.78 is 16.9. The molecular weight excluding hydrogens is 793 g/mol. The standard InChI is InChI=1S/C58H108O6/c1-4-7-10-13-16-19-22-25-28-31-33-36-39-42-45-48-51-57(60)63-54-55(64-58(61)52-49-46-43-40-37-34-30-27-24-21-18-15-12-9-6-3)53-62-56(59)50-47-44-41-38-35-32-29-26-23-20-17-14-11-8-5-2/h27-28,30-31,55H,4-26,29,32-54H2,1-3H3/b30-27-,31-28-. The third-order valence-electron chi connectivity index (χ3n) is 12.7. The minimum Gasteiger partial charge on any atom is -0.462 e. The molecule has 1 unspecified atom stereocenters. The first-order valence-electron chi connectivity index (χ1n) is 28.3. The van der Waals surface area contributed by atoms with E-state index in [1.807, 2.05) is 0 Å². The molecule has 0 saturated carbocycles. The zero-order chi connectivity index (χ0) is 46.5. The van der Waals surface area contributed by atoms with Gasteiger partial charge in [0.1, 0.15) is 13.2 Å². The Morgan fingerprint density at radius 2 is 0.516 bits per heavy atom. The molecule has 64 heavy (non-hydrogen) atoms. The van der Waals surface area contributed by atoms with Gasteiger partial charge in [0.2, 0.25) is 0 Å². The van der Waals surface area contributed by atoms with Crippen molar-refractivity contribution in [1.82, 2.24) is 0 Å². The van der Waals surface area contributed by atoms with Crippen LogP contribution in [-0.2, 0) is 28.6 Å². The number of rotatable bonds is 52. The van der Waals surface area contributed by atoms with E-state index < -0.39 is 6.10 Å². The van der Waals surface area contributed by atoms with E-state index in [1.54, 1.807) is 0 Å². The molecule has 0 radical (unpaired) electrons.